The number of carbonyl (C=O) groups excluding carboxylic acids is 2. The maximum Gasteiger partial charge on any atom is 0.273 e. The molecule has 0 aromatic heterocycles. The molecule has 0 bridgehead atoms. The van der Waals surface area contributed by atoms with Gasteiger partial charge in [-0.1, -0.05) is 54.6 Å². The number of amides is 2. The minimum Gasteiger partial charge on any atom is -0.497 e. The fourth-order valence-electron chi connectivity index (χ4n) is 5.17. The third-order valence-corrected chi connectivity index (χ3v) is 9.44. The van der Waals surface area contributed by atoms with Crippen molar-refractivity contribution in [2.75, 3.05) is 18.0 Å². The van der Waals surface area contributed by atoms with E-state index in [1.807, 2.05) is 6.07 Å². The Bertz CT molecular complexity index is 1910. The zero-order valence-corrected chi connectivity index (χ0v) is 28.7. The number of carbonyl (C=O) groups is 2. The van der Waals surface area contributed by atoms with Crippen molar-refractivity contribution in [1.29, 1.82) is 0 Å². The highest BCUT2D eigenvalue weighted by atomic mass is 32.2. The lowest BCUT2D eigenvalue weighted by atomic mass is 10.0. The van der Waals surface area contributed by atoms with Crippen LogP contribution in [-0.2, 0) is 32.6 Å². The van der Waals surface area contributed by atoms with Crippen LogP contribution in [0.15, 0.2) is 102 Å². The number of methoxy groups -OCH3 is 1. The van der Waals surface area contributed by atoms with Crippen LogP contribution in [-0.4, -0.2) is 55.3 Å². The Morgan fingerprint density at radius 2 is 1.59 bits per heavy atom. The average molecular weight is 691 g/mol. The van der Waals surface area contributed by atoms with Crippen molar-refractivity contribution in [3.05, 3.63) is 130 Å². The van der Waals surface area contributed by atoms with Crippen molar-refractivity contribution in [3.8, 4) is 5.75 Å². The summed E-state index contributed by atoms with van der Waals surface area (Å²) in [6.07, 6.45) is 0.0440. The molecule has 0 spiro atoms. The fraction of sp³-hybridized carbons (Fsp3) is 0.278. The molecule has 0 heterocycles. The van der Waals surface area contributed by atoms with E-state index in [2.05, 4.69) is 5.32 Å². The molecule has 0 aliphatic carbocycles. The quantitative estimate of drug-likeness (QED) is 0.138. The third-order valence-electron chi connectivity index (χ3n) is 7.67. The molecule has 4 aromatic carbocycles. The molecule has 0 fully saturated rings. The average Bonchev–Trinajstić information content (AvgIpc) is 3.05. The standard InChI is InChI=1S/C36H39FN4O7S/c1-25-15-20-30(22-32(25)41(44)45)49(46,47)40(28-16-18-29(48-5)19-17-28)24-34(42)39(23-27-13-9-10-14-31(27)37)33(35(43)38-36(2,3)4)21-26-11-7-6-8-12-26/h6-20,22,33H,21,23-24H2,1-5H3,(H,38,43)/t33-/m1/s1. The largest absolute Gasteiger partial charge is 0.497 e. The highest BCUT2D eigenvalue weighted by molar-refractivity contribution is 7.92. The zero-order valence-electron chi connectivity index (χ0n) is 27.9. The first-order chi connectivity index (χ1) is 23.1. The second-order valence-electron chi connectivity index (χ2n) is 12.5. The summed E-state index contributed by atoms with van der Waals surface area (Å²) in [5.74, 6) is -1.52. The Balaban J connectivity index is 1.86. The molecular formula is C36H39FN4O7S. The van der Waals surface area contributed by atoms with E-state index >= 15 is 4.39 Å². The van der Waals surface area contributed by atoms with E-state index in [0.717, 1.165) is 15.9 Å². The molecule has 0 radical (unpaired) electrons. The van der Waals surface area contributed by atoms with E-state index in [9.17, 15) is 28.1 Å². The molecule has 258 valence electrons. The van der Waals surface area contributed by atoms with Crippen LogP contribution >= 0.6 is 0 Å². The first kappa shape index (κ1) is 36.5. The molecule has 1 N–H and O–H groups in total. The summed E-state index contributed by atoms with van der Waals surface area (Å²) in [5, 5.41) is 14.6. The van der Waals surface area contributed by atoms with Crippen molar-refractivity contribution in [1.82, 2.24) is 10.2 Å². The summed E-state index contributed by atoms with van der Waals surface area (Å²) in [6.45, 7) is 5.66. The summed E-state index contributed by atoms with van der Waals surface area (Å²) in [7, 11) is -3.18. The van der Waals surface area contributed by atoms with Crippen LogP contribution in [0.2, 0.25) is 0 Å². The number of nitrogens with zero attached hydrogens (tertiary/aromatic N) is 3. The van der Waals surface area contributed by atoms with Crippen LogP contribution < -0.4 is 14.4 Å². The molecule has 0 saturated carbocycles. The van der Waals surface area contributed by atoms with E-state index in [1.54, 1.807) is 51.1 Å². The number of rotatable bonds is 13. The number of ether oxygens (including phenoxy) is 1. The van der Waals surface area contributed by atoms with Crippen LogP contribution in [0.3, 0.4) is 0 Å². The Hall–Kier alpha value is -5.30. The lowest BCUT2D eigenvalue weighted by Gasteiger charge is -2.35. The van der Waals surface area contributed by atoms with E-state index in [-0.39, 0.29) is 29.8 Å². The first-order valence-corrected chi connectivity index (χ1v) is 16.9. The molecule has 49 heavy (non-hydrogen) atoms. The van der Waals surface area contributed by atoms with Gasteiger partial charge < -0.3 is 15.0 Å². The predicted octanol–water partition coefficient (Wildman–Crippen LogP) is 5.80. The number of sulfonamides is 1. The van der Waals surface area contributed by atoms with E-state index in [1.165, 1.54) is 73.5 Å². The summed E-state index contributed by atoms with van der Waals surface area (Å²) in [4.78, 5) is 40.3. The minimum absolute atomic E-state index is 0.0440. The minimum atomic E-state index is -4.62. The Morgan fingerprint density at radius 1 is 0.959 bits per heavy atom. The van der Waals surface area contributed by atoms with Crippen LogP contribution in [0, 0.1) is 22.9 Å². The van der Waals surface area contributed by atoms with E-state index in [0.29, 0.717) is 5.75 Å². The van der Waals surface area contributed by atoms with Crippen molar-refractivity contribution >= 4 is 33.2 Å². The Kier molecular flexibility index (Phi) is 11.4. The number of hydrogen-bond acceptors (Lipinski definition) is 7. The number of aryl methyl sites for hydroxylation is 1. The molecule has 11 nitrogen and oxygen atoms in total. The third kappa shape index (κ3) is 9.20. The van der Waals surface area contributed by atoms with E-state index < -0.39 is 61.3 Å². The van der Waals surface area contributed by atoms with Gasteiger partial charge in [0.1, 0.15) is 24.2 Å². The highest BCUT2D eigenvalue weighted by Gasteiger charge is 2.36. The number of halogens is 1. The van der Waals surface area contributed by atoms with Gasteiger partial charge in [0.05, 0.1) is 22.6 Å². The molecule has 0 aliphatic heterocycles. The molecule has 1 atom stereocenters. The number of anilines is 1. The summed E-state index contributed by atoms with van der Waals surface area (Å²) in [5.41, 5.74) is 0.0323. The summed E-state index contributed by atoms with van der Waals surface area (Å²) >= 11 is 0. The number of nitrogens with one attached hydrogen (secondary N) is 1. The van der Waals surface area contributed by atoms with Gasteiger partial charge >= 0.3 is 0 Å². The van der Waals surface area contributed by atoms with Crippen molar-refractivity contribution in [2.24, 2.45) is 0 Å². The zero-order chi connectivity index (χ0) is 35.9. The molecule has 0 aliphatic rings. The molecule has 4 aromatic rings. The van der Waals surface area contributed by atoms with Crippen molar-refractivity contribution in [2.45, 2.75) is 57.1 Å². The van der Waals surface area contributed by atoms with Crippen LogP contribution in [0.5, 0.6) is 5.75 Å². The lowest BCUT2D eigenvalue weighted by molar-refractivity contribution is -0.385. The molecular weight excluding hydrogens is 651 g/mol. The number of benzene rings is 4. The second kappa shape index (κ2) is 15.3. The van der Waals surface area contributed by atoms with Gasteiger partial charge in [-0.25, -0.2) is 12.8 Å². The number of nitro benzene ring substituents is 1. The van der Waals surface area contributed by atoms with Gasteiger partial charge in [-0.05, 0) is 69.7 Å². The maximum atomic E-state index is 15.1. The van der Waals surface area contributed by atoms with Gasteiger partial charge in [0, 0.05) is 35.7 Å². The number of hydrogen-bond donors (Lipinski definition) is 1. The van der Waals surface area contributed by atoms with Gasteiger partial charge in [-0.2, -0.15) is 0 Å². The summed E-state index contributed by atoms with van der Waals surface area (Å²) in [6, 6.07) is 23.0. The van der Waals surface area contributed by atoms with Gasteiger partial charge in [0.25, 0.3) is 15.7 Å². The molecule has 13 heteroatoms. The van der Waals surface area contributed by atoms with Crippen molar-refractivity contribution in [3.63, 3.8) is 0 Å². The smallest absolute Gasteiger partial charge is 0.273 e. The first-order valence-electron chi connectivity index (χ1n) is 15.4. The van der Waals surface area contributed by atoms with Crippen LogP contribution in [0.1, 0.15) is 37.5 Å². The SMILES string of the molecule is COc1ccc(N(CC(=O)N(Cc2ccccc2F)[C@H](Cc2ccccc2)C(=O)NC(C)(C)C)S(=O)(=O)c2ccc(C)c([N+](=O)[O-])c2)cc1. The van der Waals surface area contributed by atoms with Gasteiger partial charge in [0.2, 0.25) is 11.8 Å². The Morgan fingerprint density at radius 3 is 2.18 bits per heavy atom. The molecule has 4 rings (SSSR count). The van der Waals surface area contributed by atoms with Gasteiger partial charge in [0.15, 0.2) is 0 Å². The maximum absolute atomic E-state index is 15.1. The lowest BCUT2D eigenvalue weighted by Crippen LogP contribution is -2.56. The van der Waals surface area contributed by atoms with Gasteiger partial charge in [-0.15, -0.1) is 0 Å². The number of nitro groups is 1. The van der Waals surface area contributed by atoms with E-state index in [4.69, 9.17) is 4.74 Å². The monoisotopic (exact) mass is 690 g/mol. The van der Waals surface area contributed by atoms with Gasteiger partial charge in [-0.3, -0.25) is 24.0 Å². The van der Waals surface area contributed by atoms with Crippen LogP contribution in [0.4, 0.5) is 15.8 Å². The normalized spacial score (nSPS) is 12.1. The topological polar surface area (TPSA) is 139 Å². The predicted molar refractivity (Wildman–Crippen MR) is 184 cm³/mol. The molecule has 0 unspecified atom stereocenters. The highest BCUT2D eigenvalue weighted by Crippen LogP contribution is 2.30. The second-order valence-corrected chi connectivity index (χ2v) is 14.3. The molecule has 0 saturated heterocycles. The van der Waals surface area contributed by atoms with Crippen molar-refractivity contribution < 1.29 is 32.1 Å². The fourth-order valence-corrected chi connectivity index (χ4v) is 6.60. The Labute approximate surface area is 285 Å². The molecule has 2 amide bonds. The van der Waals surface area contributed by atoms with Crippen LogP contribution in [0.25, 0.3) is 0 Å². The summed E-state index contributed by atoms with van der Waals surface area (Å²) < 4.78 is 49.7.